The van der Waals surface area contributed by atoms with Gasteiger partial charge < -0.3 is 5.32 Å². The Labute approximate surface area is 68.7 Å². The minimum atomic E-state index is 0.723. The van der Waals surface area contributed by atoms with Gasteiger partial charge in [0.05, 0.1) is 0 Å². The largest absolute Gasteiger partial charge is 0.315 e. The van der Waals surface area contributed by atoms with E-state index in [9.17, 15) is 0 Å². The molecule has 2 nitrogen and oxygen atoms in total. The highest BCUT2D eigenvalue weighted by Gasteiger charge is 1.93. The highest BCUT2D eigenvalue weighted by Crippen LogP contribution is 1.87. The molecule has 0 saturated heterocycles. The standard InChI is InChI=1S/C7H17ClN2/c1-7(2)6-9-4-5-10(3)8/h7,9H,4-6H2,1-3H3. The Morgan fingerprint density at radius 1 is 1.50 bits per heavy atom. The number of hydrogen-bond acceptors (Lipinski definition) is 2. The van der Waals surface area contributed by atoms with Crippen molar-refractivity contribution in [1.29, 1.82) is 0 Å². The molecule has 0 aliphatic carbocycles. The number of nitrogens with zero attached hydrogens (tertiary/aromatic N) is 1. The zero-order valence-corrected chi connectivity index (χ0v) is 7.78. The zero-order chi connectivity index (χ0) is 7.98. The van der Waals surface area contributed by atoms with Crippen LogP contribution in [0.2, 0.25) is 0 Å². The van der Waals surface area contributed by atoms with Crippen molar-refractivity contribution in [2.75, 3.05) is 26.7 Å². The quantitative estimate of drug-likeness (QED) is 0.487. The van der Waals surface area contributed by atoms with Crippen LogP contribution in [0.3, 0.4) is 0 Å². The van der Waals surface area contributed by atoms with Crippen LogP contribution in [0, 0.1) is 5.92 Å². The minimum Gasteiger partial charge on any atom is -0.315 e. The van der Waals surface area contributed by atoms with Crippen LogP contribution in [-0.4, -0.2) is 31.1 Å². The summed E-state index contributed by atoms with van der Waals surface area (Å²) in [5.74, 6) is 0.723. The van der Waals surface area contributed by atoms with Crippen LogP contribution in [0.5, 0.6) is 0 Å². The Balaban J connectivity index is 2.91. The maximum Gasteiger partial charge on any atom is 0.0261 e. The molecule has 0 aromatic rings. The Bertz CT molecular complexity index is 64.0. The highest BCUT2D eigenvalue weighted by atomic mass is 35.5. The maximum absolute atomic E-state index is 5.59. The van der Waals surface area contributed by atoms with Crippen LogP contribution in [0.25, 0.3) is 0 Å². The lowest BCUT2D eigenvalue weighted by Gasteiger charge is -2.09. The predicted octanol–water partition coefficient (Wildman–Crippen LogP) is 1.32. The van der Waals surface area contributed by atoms with E-state index in [0.29, 0.717) is 0 Å². The van der Waals surface area contributed by atoms with Gasteiger partial charge in [-0.1, -0.05) is 13.8 Å². The molecular formula is C7H17ClN2. The van der Waals surface area contributed by atoms with Gasteiger partial charge in [0.1, 0.15) is 0 Å². The molecule has 0 atom stereocenters. The van der Waals surface area contributed by atoms with Crippen LogP contribution in [0.15, 0.2) is 0 Å². The second kappa shape index (κ2) is 5.96. The number of likely N-dealkylation sites (N-methyl/N-ethyl adjacent to an activating group) is 1. The van der Waals surface area contributed by atoms with Gasteiger partial charge in [0.15, 0.2) is 0 Å². The van der Waals surface area contributed by atoms with Gasteiger partial charge >= 0.3 is 0 Å². The van der Waals surface area contributed by atoms with Crippen molar-refractivity contribution in [2.45, 2.75) is 13.8 Å². The molecule has 62 valence electrons. The van der Waals surface area contributed by atoms with Crippen molar-refractivity contribution in [3.05, 3.63) is 0 Å². The van der Waals surface area contributed by atoms with E-state index in [1.807, 2.05) is 7.05 Å². The first-order chi connectivity index (χ1) is 4.63. The van der Waals surface area contributed by atoms with Crippen LogP contribution in [0.1, 0.15) is 13.8 Å². The summed E-state index contributed by atoms with van der Waals surface area (Å²) < 4.78 is 1.66. The van der Waals surface area contributed by atoms with Crippen molar-refractivity contribution in [3.8, 4) is 0 Å². The summed E-state index contributed by atoms with van der Waals surface area (Å²) in [7, 11) is 1.86. The van der Waals surface area contributed by atoms with Crippen LogP contribution < -0.4 is 5.32 Å². The predicted molar refractivity (Wildman–Crippen MR) is 46.2 cm³/mol. The van der Waals surface area contributed by atoms with Gasteiger partial charge in [-0.2, -0.15) is 0 Å². The monoisotopic (exact) mass is 164 g/mol. The summed E-state index contributed by atoms with van der Waals surface area (Å²) in [6.07, 6.45) is 0. The van der Waals surface area contributed by atoms with E-state index in [1.54, 1.807) is 4.42 Å². The third-order valence-corrected chi connectivity index (χ3v) is 1.32. The molecule has 0 bridgehead atoms. The topological polar surface area (TPSA) is 15.3 Å². The van der Waals surface area contributed by atoms with Crippen LogP contribution in [0.4, 0.5) is 0 Å². The molecule has 0 radical (unpaired) electrons. The molecule has 0 rings (SSSR count). The fourth-order valence-corrected chi connectivity index (χ4v) is 0.708. The van der Waals surface area contributed by atoms with E-state index < -0.39 is 0 Å². The lowest BCUT2D eigenvalue weighted by Crippen LogP contribution is -2.27. The van der Waals surface area contributed by atoms with Crippen molar-refractivity contribution in [3.63, 3.8) is 0 Å². The van der Waals surface area contributed by atoms with Crippen LogP contribution >= 0.6 is 11.8 Å². The second-order valence-electron chi connectivity index (χ2n) is 2.93. The Kier molecular flexibility index (Phi) is 6.08. The minimum absolute atomic E-state index is 0.723. The van der Waals surface area contributed by atoms with E-state index in [2.05, 4.69) is 19.2 Å². The maximum atomic E-state index is 5.59. The van der Waals surface area contributed by atoms with E-state index in [0.717, 1.165) is 25.6 Å². The molecule has 1 N–H and O–H groups in total. The first-order valence-electron chi connectivity index (χ1n) is 3.70. The highest BCUT2D eigenvalue weighted by molar-refractivity contribution is 6.13. The van der Waals surface area contributed by atoms with E-state index in [1.165, 1.54) is 0 Å². The number of rotatable bonds is 5. The molecule has 0 aliphatic heterocycles. The van der Waals surface area contributed by atoms with Gasteiger partial charge in [-0.3, -0.25) is 0 Å². The summed E-state index contributed by atoms with van der Waals surface area (Å²) in [4.78, 5) is 0. The molecule has 0 spiro atoms. The molecule has 0 amide bonds. The van der Waals surface area contributed by atoms with E-state index in [4.69, 9.17) is 11.8 Å². The molecule has 0 unspecified atom stereocenters. The van der Waals surface area contributed by atoms with Gasteiger partial charge in [-0.05, 0) is 24.2 Å². The fourth-order valence-electron chi connectivity index (χ4n) is 0.624. The van der Waals surface area contributed by atoms with Gasteiger partial charge in [0.25, 0.3) is 0 Å². The van der Waals surface area contributed by atoms with Gasteiger partial charge in [-0.15, -0.1) is 0 Å². The molecule has 0 fully saturated rings. The van der Waals surface area contributed by atoms with Crippen LogP contribution in [-0.2, 0) is 0 Å². The SMILES string of the molecule is CC(C)CNCCN(C)Cl. The van der Waals surface area contributed by atoms with E-state index in [-0.39, 0.29) is 0 Å². The molecule has 10 heavy (non-hydrogen) atoms. The summed E-state index contributed by atoms with van der Waals surface area (Å²) in [6.45, 7) is 7.33. The van der Waals surface area contributed by atoms with Gasteiger partial charge in [-0.25, -0.2) is 4.42 Å². The Morgan fingerprint density at radius 2 is 2.10 bits per heavy atom. The summed E-state index contributed by atoms with van der Waals surface area (Å²) >= 11 is 5.59. The third kappa shape index (κ3) is 8.21. The summed E-state index contributed by atoms with van der Waals surface area (Å²) in [6, 6.07) is 0. The molecule has 3 heteroatoms. The van der Waals surface area contributed by atoms with Gasteiger partial charge in [0, 0.05) is 20.1 Å². The zero-order valence-electron chi connectivity index (χ0n) is 7.02. The molecule has 0 heterocycles. The average molecular weight is 165 g/mol. The lowest BCUT2D eigenvalue weighted by molar-refractivity contribution is 0.486. The average Bonchev–Trinajstić information content (AvgIpc) is 1.79. The normalized spacial score (nSPS) is 11.4. The molecule has 0 saturated carbocycles. The van der Waals surface area contributed by atoms with Crippen molar-refractivity contribution < 1.29 is 0 Å². The summed E-state index contributed by atoms with van der Waals surface area (Å²) in [5, 5.41) is 3.29. The number of nitrogens with one attached hydrogen (secondary N) is 1. The number of halogens is 1. The Hall–Kier alpha value is 0.210. The second-order valence-corrected chi connectivity index (χ2v) is 3.50. The van der Waals surface area contributed by atoms with Crippen molar-refractivity contribution in [2.24, 2.45) is 5.92 Å². The Morgan fingerprint density at radius 3 is 2.50 bits per heavy atom. The van der Waals surface area contributed by atoms with Crippen molar-refractivity contribution >= 4 is 11.8 Å². The first-order valence-corrected chi connectivity index (χ1v) is 4.04. The molecular weight excluding hydrogens is 148 g/mol. The third-order valence-electron chi connectivity index (χ3n) is 1.15. The molecule has 0 aromatic carbocycles. The van der Waals surface area contributed by atoms with Crippen molar-refractivity contribution in [1.82, 2.24) is 9.74 Å². The molecule has 0 aliphatic rings. The molecule has 0 aromatic heterocycles. The summed E-state index contributed by atoms with van der Waals surface area (Å²) in [5.41, 5.74) is 0. The van der Waals surface area contributed by atoms with Gasteiger partial charge in [0.2, 0.25) is 0 Å². The lowest BCUT2D eigenvalue weighted by atomic mass is 10.2. The number of hydrogen-bond donors (Lipinski definition) is 1. The fraction of sp³-hybridized carbons (Fsp3) is 1.00. The smallest absolute Gasteiger partial charge is 0.0261 e. The first kappa shape index (κ1) is 10.2. The van der Waals surface area contributed by atoms with E-state index >= 15 is 0 Å².